The van der Waals surface area contributed by atoms with Crippen molar-refractivity contribution in [1.29, 1.82) is 0 Å². The van der Waals surface area contributed by atoms with Crippen LogP contribution in [0.2, 0.25) is 5.04 Å². The second kappa shape index (κ2) is 16.1. The van der Waals surface area contributed by atoms with Crippen LogP contribution in [0, 0.1) is 0 Å². The fourth-order valence-corrected chi connectivity index (χ4v) is 14.4. The molecule has 55 heavy (non-hydrogen) atoms. The average Bonchev–Trinajstić information content (AvgIpc) is 3.13. The maximum Gasteiger partial charge on any atom is 0.417 e. The second-order valence-electron chi connectivity index (χ2n) is 14.9. The van der Waals surface area contributed by atoms with Gasteiger partial charge in [-0.1, -0.05) is 87.5 Å². The number of hydrogen-bond donors (Lipinski definition) is 2. The quantitative estimate of drug-likeness (QED) is 0.107. The summed E-state index contributed by atoms with van der Waals surface area (Å²) < 4.78 is 51.4. The van der Waals surface area contributed by atoms with E-state index in [0.717, 1.165) is 22.1 Å². The normalized spacial score (nSPS) is 17.4. The predicted octanol–water partition coefficient (Wildman–Crippen LogP) is 8.13. The number of rotatable bonds is 10. The molecule has 9 nitrogen and oxygen atoms in total. The van der Waals surface area contributed by atoms with E-state index in [1.54, 1.807) is 24.9 Å². The van der Waals surface area contributed by atoms with Crippen molar-refractivity contribution in [3.05, 3.63) is 117 Å². The lowest BCUT2D eigenvalue weighted by molar-refractivity contribution is -0.138. The van der Waals surface area contributed by atoms with Crippen LogP contribution in [0.3, 0.4) is 0 Å². The molecule has 0 radical (unpaired) electrons. The second-order valence-corrected chi connectivity index (χ2v) is 21.0. The first-order chi connectivity index (χ1) is 26.0. The fraction of sp³-hybridized carbons (Fsp3) is 0.350. The van der Waals surface area contributed by atoms with Gasteiger partial charge in [0.2, 0.25) is 0 Å². The molecule has 1 aliphatic rings. The number of H-pyrrole nitrogens is 1. The first-order valence-electron chi connectivity index (χ1n) is 17.9. The summed E-state index contributed by atoms with van der Waals surface area (Å²) in [5, 5.41) is 11.7. The van der Waals surface area contributed by atoms with Gasteiger partial charge < -0.3 is 19.4 Å². The molecule has 0 bridgehead atoms. The highest BCUT2D eigenvalue weighted by Crippen LogP contribution is 2.46. The molecule has 1 amide bonds. The Morgan fingerprint density at radius 2 is 1.58 bits per heavy atom. The Labute approximate surface area is 331 Å². The van der Waals surface area contributed by atoms with Crippen LogP contribution in [0.5, 0.6) is 0 Å². The van der Waals surface area contributed by atoms with Crippen molar-refractivity contribution in [1.82, 2.24) is 19.9 Å². The number of benzene rings is 3. The number of nitrogens with zero attached hydrogens (tertiary/aromatic N) is 4. The maximum absolute atomic E-state index is 14.8. The molecule has 1 saturated heterocycles. The van der Waals surface area contributed by atoms with Crippen LogP contribution in [0.15, 0.2) is 105 Å². The van der Waals surface area contributed by atoms with E-state index < -0.39 is 43.9 Å². The number of hydrogen-bond acceptors (Lipinski definition) is 7. The Balaban J connectivity index is 1.44. The van der Waals surface area contributed by atoms with Crippen molar-refractivity contribution in [3.63, 3.8) is 0 Å². The van der Waals surface area contributed by atoms with Crippen LogP contribution in [-0.2, 0) is 10.6 Å². The summed E-state index contributed by atoms with van der Waals surface area (Å²) in [6, 6.07) is 26.0. The topological polar surface area (TPSA) is 112 Å². The van der Waals surface area contributed by atoms with E-state index in [1.807, 2.05) is 54.6 Å². The number of anilines is 1. The number of alkyl halides is 3. The van der Waals surface area contributed by atoms with Crippen LogP contribution in [-0.4, -0.2) is 76.9 Å². The molecule has 15 heteroatoms. The van der Waals surface area contributed by atoms with Gasteiger partial charge in [0.15, 0.2) is 0 Å². The lowest BCUT2D eigenvalue weighted by atomic mass is 10.1. The molecule has 3 aromatic carbocycles. The zero-order valence-corrected chi connectivity index (χ0v) is 34.5. The summed E-state index contributed by atoms with van der Waals surface area (Å²) in [6.07, 6.45) is -4.15. The molecule has 2 N–H and O–H groups in total. The van der Waals surface area contributed by atoms with Gasteiger partial charge in [0.05, 0.1) is 23.2 Å². The molecule has 1 aliphatic heterocycles. The summed E-state index contributed by atoms with van der Waals surface area (Å²) in [7, 11) is -3.00. The minimum absolute atomic E-state index is 0.0682. The van der Waals surface area contributed by atoms with Crippen molar-refractivity contribution in [3.8, 4) is 0 Å². The van der Waals surface area contributed by atoms with Crippen molar-refractivity contribution in [2.45, 2.75) is 68.7 Å². The standard InChI is InChI=1S/C40H43BrF3N5O4SSi/c1-25-21-48(22-26(2)49(25)38(51)52)36-30-20-31(40(42,43)44)33(41)35(34(30)46-37(50)47-36)54-24-27(32-18-12-13-19-45-32)23-53-55(39(3,4)5,28-14-8-6-9-15-28)29-16-10-7-11-17-29/h6-20,25-27H,21-24H2,1-5H3,(H,51,52)(H,46,47,50)/t25-,26+,27?. The lowest BCUT2D eigenvalue weighted by Crippen LogP contribution is -2.66. The first kappa shape index (κ1) is 40.5. The van der Waals surface area contributed by atoms with Crippen LogP contribution < -0.4 is 21.0 Å². The third kappa shape index (κ3) is 8.21. The van der Waals surface area contributed by atoms with Crippen molar-refractivity contribution < 1.29 is 27.5 Å². The number of fused-ring (bicyclic) bond motifs is 1. The largest absolute Gasteiger partial charge is 0.465 e. The third-order valence-corrected chi connectivity index (χ3v) is 17.5. The van der Waals surface area contributed by atoms with E-state index in [-0.39, 0.29) is 62.5 Å². The molecule has 6 rings (SSSR count). The van der Waals surface area contributed by atoms with Gasteiger partial charge in [-0.3, -0.25) is 9.88 Å². The third-order valence-electron chi connectivity index (χ3n) is 10.1. The molecular formula is C40H43BrF3N5O4SSi. The number of carbonyl (C=O) groups is 1. The van der Waals surface area contributed by atoms with Crippen molar-refractivity contribution >= 4 is 69.2 Å². The molecule has 3 heterocycles. The van der Waals surface area contributed by atoms with Gasteiger partial charge in [0, 0.05) is 58.0 Å². The number of aromatic amines is 1. The Morgan fingerprint density at radius 3 is 2.09 bits per heavy atom. The van der Waals surface area contributed by atoms with Gasteiger partial charge in [0.1, 0.15) is 5.82 Å². The highest BCUT2D eigenvalue weighted by molar-refractivity contribution is 9.10. The number of thioether (sulfide) groups is 1. The Bertz CT molecular complexity index is 2140. The molecular weight excluding hydrogens is 812 g/mol. The van der Waals surface area contributed by atoms with E-state index in [1.165, 1.54) is 16.7 Å². The Kier molecular flexibility index (Phi) is 11.9. The zero-order valence-electron chi connectivity index (χ0n) is 31.1. The molecule has 3 atom stereocenters. The van der Waals surface area contributed by atoms with Gasteiger partial charge in [0.25, 0.3) is 8.32 Å². The average molecular weight is 855 g/mol. The summed E-state index contributed by atoms with van der Waals surface area (Å²) in [4.78, 5) is 39.9. The maximum atomic E-state index is 14.8. The summed E-state index contributed by atoms with van der Waals surface area (Å²) in [5.74, 6) is -0.0447. The summed E-state index contributed by atoms with van der Waals surface area (Å²) in [6.45, 7) is 10.5. The first-order valence-corrected chi connectivity index (χ1v) is 21.6. The minimum atomic E-state index is -4.74. The van der Waals surface area contributed by atoms with Gasteiger partial charge >= 0.3 is 18.0 Å². The number of nitrogens with one attached hydrogen (secondary N) is 1. The highest BCUT2D eigenvalue weighted by atomic mass is 79.9. The number of halogens is 4. The van der Waals surface area contributed by atoms with E-state index in [4.69, 9.17) is 4.43 Å². The Hall–Kier alpha value is -4.18. The molecule has 0 aliphatic carbocycles. The lowest BCUT2D eigenvalue weighted by Gasteiger charge is -2.43. The van der Waals surface area contributed by atoms with E-state index >= 15 is 0 Å². The van der Waals surface area contributed by atoms with Crippen LogP contribution in [0.4, 0.5) is 23.8 Å². The number of piperazine rings is 1. The van der Waals surface area contributed by atoms with E-state index in [0.29, 0.717) is 0 Å². The molecule has 5 aromatic rings. The number of amides is 1. The highest BCUT2D eigenvalue weighted by Gasteiger charge is 2.50. The molecule has 0 spiro atoms. The number of aromatic nitrogens is 3. The fourth-order valence-electron chi connectivity index (χ4n) is 7.69. The SMILES string of the molecule is C[C@@H]1CN(c2nc(=O)[nH]c3c(SCC(CO[Si](c4ccccc4)(c4ccccc4)C(C)(C)C)c4ccccn4)c(Br)c(C(F)(F)F)cc23)C[C@H](C)N1C(=O)O. The van der Waals surface area contributed by atoms with Crippen molar-refractivity contribution in [2.75, 3.05) is 30.3 Å². The predicted molar refractivity (Wildman–Crippen MR) is 217 cm³/mol. The monoisotopic (exact) mass is 853 g/mol. The van der Waals surface area contributed by atoms with Gasteiger partial charge in [-0.2, -0.15) is 18.2 Å². The van der Waals surface area contributed by atoms with Gasteiger partial charge in [-0.15, -0.1) is 11.8 Å². The summed E-state index contributed by atoms with van der Waals surface area (Å²) in [5.41, 5.74) is -0.724. The van der Waals surface area contributed by atoms with E-state index in [9.17, 15) is 27.9 Å². The van der Waals surface area contributed by atoms with Gasteiger partial charge in [-0.25, -0.2) is 9.59 Å². The van der Waals surface area contributed by atoms with Crippen molar-refractivity contribution in [2.24, 2.45) is 0 Å². The zero-order chi connectivity index (χ0) is 39.7. The number of pyridine rings is 1. The van der Waals surface area contributed by atoms with Crippen LogP contribution in [0.1, 0.15) is 51.8 Å². The van der Waals surface area contributed by atoms with Gasteiger partial charge in [-0.05, 0) is 63.4 Å². The molecule has 1 fully saturated rings. The van der Waals surface area contributed by atoms with Crippen LogP contribution >= 0.6 is 27.7 Å². The minimum Gasteiger partial charge on any atom is -0.465 e. The van der Waals surface area contributed by atoms with E-state index in [2.05, 4.69) is 75.9 Å². The smallest absolute Gasteiger partial charge is 0.417 e. The van der Waals surface area contributed by atoms with Crippen LogP contribution in [0.25, 0.3) is 10.9 Å². The Morgan fingerprint density at radius 1 is 1.00 bits per heavy atom. The summed E-state index contributed by atoms with van der Waals surface area (Å²) >= 11 is 4.46. The molecule has 2 aromatic heterocycles. The molecule has 0 saturated carbocycles. The molecule has 290 valence electrons. The molecule has 1 unspecified atom stereocenters. The number of carboxylic acid groups (broad SMARTS) is 1.